The molecule has 1 unspecified atom stereocenters. The van der Waals surface area contributed by atoms with E-state index in [4.69, 9.17) is 4.74 Å². The predicted octanol–water partition coefficient (Wildman–Crippen LogP) is 2.80. The zero-order valence-electron chi connectivity index (χ0n) is 13.6. The van der Waals surface area contributed by atoms with Gasteiger partial charge in [0.2, 0.25) is 5.91 Å². The maximum Gasteiger partial charge on any atom is 0.224 e. The number of fused-ring (bicyclic) bond motifs is 1. The van der Waals surface area contributed by atoms with E-state index in [1.54, 1.807) is 14.0 Å². The Balaban J connectivity index is 1.67. The summed E-state index contributed by atoms with van der Waals surface area (Å²) in [4.78, 5) is 15.4. The van der Waals surface area contributed by atoms with Crippen LogP contribution in [0.1, 0.15) is 18.1 Å². The monoisotopic (exact) mass is 344 g/mol. The molecule has 126 valence electrons. The smallest absolute Gasteiger partial charge is 0.224 e. The van der Waals surface area contributed by atoms with Gasteiger partial charge >= 0.3 is 0 Å². The van der Waals surface area contributed by atoms with Crippen molar-refractivity contribution in [2.75, 3.05) is 13.7 Å². The van der Waals surface area contributed by atoms with Crippen LogP contribution in [0.4, 0.5) is 0 Å². The van der Waals surface area contributed by atoms with Crippen LogP contribution in [0.15, 0.2) is 41.2 Å². The highest BCUT2D eigenvalue weighted by atomic mass is 32.1. The molecular weight excluding hydrogens is 324 g/mol. The van der Waals surface area contributed by atoms with Crippen LogP contribution < -0.4 is 10.1 Å². The van der Waals surface area contributed by atoms with E-state index in [2.05, 4.69) is 10.3 Å². The first-order chi connectivity index (χ1) is 11.5. The van der Waals surface area contributed by atoms with Crippen molar-refractivity contribution in [2.24, 2.45) is 0 Å². The second-order valence-electron chi connectivity index (χ2n) is 5.96. The van der Waals surface area contributed by atoms with Gasteiger partial charge in [0.15, 0.2) is 0 Å². The van der Waals surface area contributed by atoms with Crippen LogP contribution in [0.5, 0.6) is 5.75 Å². The number of benzene rings is 1. The van der Waals surface area contributed by atoms with Crippen molar-refractivity contribution in [3.63, 3.8) is 0 Å². The Kier molecular flexibility index (Phi) is 4.59. The maximum atomic E-state index is 12.3. The van der Waals surface area contributed by atoms with Crippen molar-refractivity contribution in [2.45, 2.75) is 18.9 Å². The summed E-state index contributed by atoms with van der Waals surface area (Å²) in [5, 5.41) is 18.0. The number of carbonyl (C=O) groups is 1. The largest absolute Gasteiger partial charge is 0.497 e. The van der Waals surface area contributed by atoms with Crippen LogP contribution in [0.2, 0.25) is 0 Å². The zero-order chi connectivity index (χ0) is 17.2. The van der Waals surface area contributed by atoms with E-state index in [0.717, 1.165) is 27.8 Å². The van der Waals surface area contributed by atoms with Gasteiger partial charge in [-0.15, -0.1) is 0 Å². The molecule has 0 aliphatic carbocycles. The molecule has 5 nitrogen and oxygen atoms in total. The van der Waals surface area contributed by atoms with Gasteiger partial charge in [0.05, 0.1) is 20.1 Å². The number of aliphatic hydroxyl groups is 1. The highest BCUT2D eigenvalue weighted by Crippen LogP contribution is 2.24. The molecule has 3 rings (SSSR count). The van der Waals surface area contributed by atoms with Gasteiger partial charge in [0.1, 0.15) is 11.4 Å². The van der Waals surface area contributed by atoms with E-state index in [9.17, 15) is 9.90 Å². The molecule has 24 heavy (non-hydrogen) atoms. The summed E-state index contributed by atoms with van der Waals surface area (Å²) >= 11 is 1.52. The summed E-state index contributed by atoms with van der Waals surface area (Å²) in [5.41, 5.74) is 1.60. The number of carbonyl (C=O) groups excluding carboxylic acids is 1. The van der Waals surface area contributed by atoms with Gasteiger partial charge in [-0.05, 0) is 53.1 Å². The molecule has 1 amide bonds. The highest BCUT2D eigenvalue weighted by molar-refractivity contribution is 7.08. The third kappa shape index (κ3) is 3.44. The third-order valence-electron chi connectivity index (χ3n) is 4.10. The van der Waals surface area contributed by atoms with E-state index in [0.29, 0.717) is 0 Å². The van der Waals surface area contributed by atoms with Crippen molar-refractivity contribution >= 4 is 28.1 Å². The van der Waals surface area contributed by atoms with Gasteiger partial charge in [-0.3, -0.25) is 4.79 Å². The van der Waals surface area contributed by atoms with Crippen LogP contribution in [0, 0.1) is 0 Å². The topological polar surface area (TPSA) is 74.4 Å². The summed E-state index contributed by atoms with van der Waals surface area (Å²) in [5.74, 6) is 0.623. The lowest BCUT2D eigenvalue weighted by Gasteiger charge is -2.22. The molecule has 0 fully saturated rings. The standard InChI is InChI=1S/C18H20N2O3S/c1-18(22,13-5-6-24-10-13)11-20-17(21)7-12-9-19-16-4-3-14(23-2)8-15(12)16/h3-6,8-10,19,22H,7,11H2,1-2H3,(H,20,21). The number of H-pyrrole nitrogens is 1. The molecule has 2 aromatic heterocycles. The lowest BCUT2D eigenvalue weighted by atomic mass is 9.99. The number of nitrogens with one attached hydrogen (secondary N) is 2. The Morgan fingerprint density at radius 2 is 2.25 bits per heavy atom. The molecule has 0 bridgehead atoms. The molecule has 3 aromatic rings. The number of methoxy groups -OCH3 is 1. The van der Waals surface area contributed by atoms with E-state index in [1.165, 1.54) is 11.3 Å². The Morgan fingerprint density at radius 1 is 1.42 bits per heavy atom. The predicted molar refractivity (Wildman–Crippen MR) is 95.5 cm³/mol. The second kappa shape index (κ2) is 6.67. The fourth-order valence-corrected chi connectivity index (χ4v) is 3.39. The SMILES string of the molecule is COc1ccc2[nH]cc(CC(=O)NCC(C)(O)c3ccsc3)c2c1. The molecule has 1 atom stereocenters. The number of hydrogen-bond donors (Lipinski definition) is 3. The summed E-state index contributed by atoms with van der Waals surface area (Å²) in [6.45, 7) is 1.88. The van der Waals surface area contributed by atoms with Gasteiger partial charge in [-0.25, -0.2) is 0 Å². The van der Waals surface area contributed by atoms with Crippen molar-refractivity contribution in [1.82, 2.24) is 10.3 Å². The van der Waals surface area contributed by atoms with Gasteiger partial charge in [0, 0.05) is 17.1 Å². The van der Waals surface area contributed by atoms with E-state index in [-0.39, 0.29) is 18.9 Å². The van der Waals surface area contributed by atoms with E-state index >= 15 is 0 Å². The van der Waals surface area contributed by atoms with Gasteiger partial charge in [0.25, 0.3) is 0 Å². The number of aromatic amines is 1. The first-order valence-corrected chi connectivity index (χ1v) is 8.59. The summed E-state index contributed by atoms with van der Waals surface area (Å²) in [6, 6.07) is 7.58. The number of rotatable bonds is 6. The van der Waals surface area contributed by atoms with Crippen molar-refractivity contribution in [3.05, 3.63) is 52.3 Å². The molecule has 0 spiro atoms. The number of ether oxygens (including phenoxy) is 1. The van der Waals surface area contributed by atoms with Crippen molar-refractivity contribution in [3.8, 4) is 5.75 Å². The number of hydrogen-bond acceptors (Lipinski definition) is 4. The third-order valence-corrected chi connectivity index (χ3v) is 4.78. The molecular formula is C18H20N2O3S. The molecule has 0 saturated carbocycles. The minimum Gasteiger partial charge on any atom is -0.497 e. The fraction of sp³-hybridized carbons (Fsp3) is 0.278. The van der Waals surface area contributed by atoms with Crippen LogP contribution in [-0.2, 0) is 16.8 Å². The van der Waals surface area contributed by atoms with Crippen molar-refractivity contribution in [1.29, 1.82) is 0 Å². The normalized spacial score (nSPS) is 13.6. The first kappa shape index (κ1) is 16.5. The number of amides is 1. The Morgan fingerprint density at radius 3 is 2.96 bits per heavy atom. The summed E-state index contributed by atoms with van der Waals surface area (Å²) in [7, 11) is 1.62. The van der Waals surface area contributed by atoms with Crippen molar-refractivity contribution < 1.29 is 14.6 Å². The van der Waals surface area contributed by atoms with Crippen LogP contribution in [0.3, 0.4) is 0 Å². The van der Waals surface area contributed by atoms with E-state index < -0.39 is 5.60 Å². The Hall–Kier alpha value is -2.31. The average Bonchev–Trinajstić information content (AvgIpc) is 3.23. The van der Waals surface area contributed by atoms with Crippen LogP contribution in [-0.4, -0.2) is 29.7 Å². The maximum absolute atomic E-state index is 12.3. The summed E-state index contributed by atoms with van der Waals surface area (Å²) < 4.78 is 5.24. The Labute approximate surface area is 144 Å². The first-order valence-electron chi connectivity index (χ1n) is 7.65. The molecule has 0 aliphatic rings. The summed E-state index contributed by atoms with van der Waals surface area (Å²) in [6.07, 6.45) is 2.08. The van der Waals surface area contributed by atoms with Gasteiger partial charge in [-0.2, -0.15) is 11.3 Å². The Bertz CT molecular complexity index is 837. The lowest BCUT2D eigenvalue weighted by molar-refractivity contribution is -0.121. The van der Waals surface area contributed by atoms with Gasteiger partial charge < -0.3 is 20.1 Å². The van der Waals surface area contributed by atoms with Gasteiger partial charge in [-0.1, -0.05) is 0 Å². The zero-order valence-corrected chi connectivity index (χ0v) is 14.4. The molecule has 3 N–H and O–H groups in total. The van der Waals surface area contributed by atoms with Crippen LogP contribution in [0.25, 0.3) is 10.9 Å². The second-order valence-corrected chi connectivity index (χ2v) is 6.74. The lowest BCUT2D eigenvalue weighted by Crippen LogP contribution is -2.39. The number of aromatic nitrogens is 1. The average molecular weight is 344 g/mol. The van der Waals surface area contributed by atoms with E-state index in [1.807, 2.05) is 41.2 Å². The minimum absolute atomic E-state index is 0.130. The number of thiophene rings is 1. The highest BCUT2D eigenvalue weighted by Gasteiger charge is 2.24. The quantitative estimate of drug-likeness (QED) is 0.644. The molecule has 0 saturated heterocycles. The molecule has 0 aliphatic heterocycles. The van der Waals surface area contributed by atoms with Crippen LogP contribution >= 0.6 is 11.3 Å². The molecule has 1 aromatic carbocycles. The fourth-order valence-electron chi connectivity index (χ4n) is 2.61. The minimum atomic E-state index is -1.07. The molecule has 2 heterocycles. The molecule has 0 radical (unpaired) electrons. The molecule has 6 heteroatoms.